The van der Waals surface area contributed by atoms with Crippen LogP contribution in [-0.4, -0.2) is 74.7 Å². The van der Waals surface area contributed by atoms with Gasteiger partial charge in [0, 0.05) is 51.3 Å². The van der Waals surface area contributed by atoms with Crippen molar-refractivity contribution in [2.45, 2.75) is 31.6 Å². The van der Waals surface area contributed by atoms with Crippen LogP contribution in [-0.2, 0) is 21.2 Å². The van der Waals surface area contributed by atoms with Crippen LogP contribution < -0.4 is 0 Å². The Bertz CT molecular complexity index is 923. The minimum Gasteiger partial charge on any atom is -0.336 e. The Labute approximate surface area is 174 Å². The van der Waals surface area contributed by atoms with Crippen molar-refractivity contribution in [1.29, 1.82) is 0 Å². The van der Waals surface area contributed by atoms with Crippen LogP contribution in [0, 0.1) is 11.8 Å². The number of piperidine rings is 1. The summed E-state index contributed by atoms with van der Waals surface area (Å²) in [5.74, 6) is 0.823. The number of rotatable bonds is 3. The number of amides is 1. The Kier molecular flexibility index (Phi) is 5.57. The molecule has 4 rings (SSSR count). The molecule has 0 radical (unpaired) electrons. The van der Waals surface area contributed by atoms with Gasteiger partial charge >= 0.3 is 0 Å². The summed E-state index contributed by atoms with van der Waals surface area (Å²) in [4.78, 5) is 17.4. The maximum atomic E-state index is 13.2. The van der Waals surface area contributed by atoms with E-state index in [1.54, 1.807) is 16.4 Å². The summed E-state index contributed by atoms with van der Waals surface area (Å²) in [6, 6.07) is 5.33. The fourth-order valence-corrected chi connectivity index (χ4v) is 6.49. The standard InChI is InChI=1S/C22H31N3O3S/c1-16-10-17(2)15-25(14-16)29(27,28)21-5-4-18-11-20(12-19(18)13-21)22(26)24-8-6-23(3)7-9-24/h4-5,12-13,16-17H,6-11,14-15H2,1-3H3. The lowest BCUT2D eigenvalue weighted by Crippen LogP contribution is -2.47. The van der Waals surface area contributed by atoms with E-state index in [-0.39, 0.29) is 5.91 Å². The van der Waals surface area contributed by atoms with Crippen LogP contribution >= 0.6 is 0 Å². The topological polar surface area (TPSA) is 60.9 Å². The highest BCUT2D eigenvalue weighted by Crippen LogP contribution is 2.31. The summed E-state index contributed by atoms with van der Waals surface area (Å²) in [6.07, 6.45) is 3.53. The van der Waals surface area contributed by atoms with E-state index in [1.165, 1.54) is 0 Å². The summed E-state index contributed by atoms with van der Waals surface area (Å²) in [7, 11) is -1.44. The second-order valence-electron chi connectivity index (χ2n) is 9.07. The third-order valence-corrected chi connectivity index (χ3v) is 8.19. The van der Waals surface area contributed by atoms with Crippen LogP contribution in [0.5, 0.6) is 0 Å². The monoisotopic (exact) mass is 417 g/mol. The van der Waals surface area contributed by atoms with Crippen LogP contribution in [0.15, 0.2) is 28.7 Å². The van der Waals surface area contributed by atoms with Gasteiger partial charge in [-0.3, -0.25) is 4.79 Å². The molecular weight excluding hydrogens is 386 g/mol. The minimum absolute atomic E-state index is 0.0809. The normalized spacial score (nSPS) is 26.3. The lowest BCUT2D eigenvalue weighted by molar-refractivity contribution is -0.128. The van der Waals surface area contributed by atoms with Crippen molar-refractivity contribution in [2.24, 2.45) is 11.8 Å². The van der Waals surface area contributed by atoms with E-state index in [4.69, 9.17) is 0 Å². The second-order valence-corrected chi connectivity index (χ2v) is 11.0. The molecule has 3 aliphatic rings. The summed E-state index contributed by atoms with van der Waals surface area (Å²) < 4.78 is 28.0. The van der Waals surface area contributed by atoms with Gasteiger partial charge < -0.3 is 9.80 Å². The molecule has 0 bridgehead atoms. The molecule has 29 heavy (non-hydrogen) atoms. The first-order chi connectivity index (χ1) is 13.7. The molecule has 158 valence electrons. The Hall–Kier alpha value is -1.70. The third kappa shape index (κ3) is 4.13. The predicted molar refractivity (Wildman–Crippen MR) is 114 cm³/mol. The summed E-state index contributed by atoms with van der Waals surface area (Å²) in [5, 5.41) is 0. The average molecular weight is 418 g/mol. The number of hydrogen-bond acceptors (Lipinski definition) is 4. The van der Waals surface area contributed by atoms with Gasteiger partial charge in [0.15, 0.2) is 0 Å². The highest BCUT2D eigenvalue weighted by molar-refractivity contribution is 7.89. The van der Waals surface area contributed by atoms with E-state index >= 15 is 0 Å². The van der Waals surface area contributed by atoms with Crippen LogP contribution in [0.3, 0.4) is 0 Å². The molecule has 1 aliphatic carbocycles. The number of nitrogens with zero attached hydrogens (tertiary/aromatic N) is 3. The number of likely N-dealkylation sites (N-methyl/N-ethyl adjacent to an activating group) is 1. The predicted octanol–water partition coefficient (Wildman–Crippen LogP) is 2.07. The van der Waals surface area contributed by atoms with E-state index in [2.05, 4.69) is 25.8 Å². The van der Waals surface area contributed by atoms with Gasteiger partial charge in [0.1, 0.15) is 0 Å². The largest absolute Gasteiger partial charge is 0.336 e. The number of fused-ring (bicyclic) bond motifs is 1. The number of sulfonamides is 1. The smallest absolute Gasteiger partial charge is 0.250 e. The van der Waals surface area contributed by atoms with Gasteiger partial charge in [-0.1, -0.05) is 19.9 Å². The molecule has 1 aromatic carbocycles. The van der Waals surface area contributed by atoms with Crippen LogP contribution in [0.2, 0.25) is 0 Å². The SMILES string of the molecule is CC1CC(C)CN(S(=O)(=O)c2ccc3c(c2)C=C(C(=O)N2CCN(C)CC2)C3)C1. The minimum atomic E-state index is -3.51. The number of piperazine rings is 1. The van der Waals surface area contributed by atoms with E-state index < -0.39 is 10.0 Å². The Morgan fingerprint density at radius 2 is 1.69 bits per heavy atom. The summed E-state index contributed by atoms with van der Waals surface area (Å²) in [6.45, 7) is 8.64. The van der Waals surface area contributed by atoms with Crippen molar-refractivity contribution in [3.63, 3.8) is 0 Å². The van der Waals surface area contributed by atoms with Gasteiger partial charge in [0.25, 0.3) is 0 Å². The highest BCUT2D eigenvalue weighted by Gasteiger charge is 2.33. The number of hydrogen-bond donors (Lipinski definition) is 0. The number of carbonyl (C=O) groups is 1. The molecule has 2 fully saturated rings. The molecule has 0 N–H and O–H groups in total. The van der Waals surface area contributed by atoms with Gasteiger partial charge in [-0.25, -0.2) is 8.42 Å². The van der Waals surface area contributed by atoms with Gasteiger partial charge in [-0.05, 0) is 54.6 Å². The molecule has 6 nitrogen and oxygen atoms in total. The fourth-order valence-electron chi connectivity index (χ4n) is 4.77. The molecule has 2 aliphatic heterocycles. The van der Waals surface area contributed by atoms with E-state index in [9.17, 15) is 13.2 Å². The molecule has 0 spiro atoms. The van der Waals surface area contributed by atoms with Crippen molar-refractivity contribution >= 4 is 22.0 Å². The highest BCUT2D eigenvalue weighted by atomic mass is 32.2. The molecule has 1 aromatic rings. The molecule has 2 unspecified atom stereocenters. The zero-order chi connectivity index (χ0) is 20.8. The van der Waals surface area contributed by atoms with Crippen molar-refractivity contribution in [3.05, 3.63) is 34.9 Å². The van der Waals surface area contributed by atoms with Gasteiger partial charge in [-0.15, -0.1) is 0 Å². The summed E-state index contributed by atoms with van der Waals surface area (Å²) >= 11 is 0. The van der Waals surface area contributed by atoms with Crippen LogP contribution in [0.25, 0.3) is 6.08 Å². The Balaban J connectivity index is 1.54. The summed E-state index contributed by atoms with van der Waals surface area (Å²) in [5.41, 5.74) is 2.66. The lowest BCUT2D eigenvalue weighted by atomic mass is 9.94. The van der Waals surface area contributed by atoms with Crippen LogP contribution in [0.4, 0.5) is 0 Å². The van der Waals surface area contributed by atoms with E-state index in [0.717, 1.165) is 49.3 Å². The van der Waals surface area contributed by atoms with E-state index in [1.807, 2.05) is 17.0 Å². The molecule has 2 saturated heterocycles. The second kappa shape index (κ2) is 7.85. The zero-order valence-corrected chi connectivity index (χ0v) is 18.4. The van der Waals surface area contributed by atoms with Crippen LogP contribution in [0.1, 0.15) is 31.4 Å². The molecule has 2 atom stereocenters. The first kappa shape index (κ1) is 20.6. The van der Waals surface area contributed by atoms with Crippen molar-refractivity contribution in [1.82, 2.24) is 14.1 Å². The van der Waals surface area contributed by atoms with Gasteiger partial charge in [0.05, 0.1) is 4.90 Å². The fraction of sp³-hybridized carbons (Fsp3) is 0.591. The molecule has 7 heteroatoms. The molecule has 0 aromatic heterocycles. The Morgan fingerprint density at radius 1 is 1.03 bits per heavy atom. The molecule has 2 heterocycles. The zero-order valence-electron chi connectivity index (χ0n) is 17.6. The maximum Gasteiger partial charge on any atom is 0.250 e. The first-order valence-corrected chi connectivity index (χ1v) is 12.0. The quantitative estimate of drug-likeness (QED) is 0.755. The number of benzene rings is 1. The molecule has 0 saturated carbocycles. The van der Waals surface area contributed by atoms with Gasteiger partial charge in [0.2, 0.25) is 15.9 Å². The Morgan fingerprint density at radius 3 is 2.34 bits per heavy atom. The number of carbonyl (C=O) groups excluding carboxylic acids is 1. The van der Waals surface area contributed by atoms with E-state index in [0.29, 0.717) is 36.2 Å². The van der Waals surface area contributed by atoms with Crippen molar-refractivity contribution < 1.29 is 13.2 Å². The molecule has 1 amide bonds. The lowest BCUT2D eigenvalue weighted by Gasteiger charge is -2.34. The average Bonchev–Trinajstić information content (AvgIpc) is 3.10. The van der Waals surface area contributed by atoms with Crippen molar-refractivity contribution in [3.8, 4) is 0 Å². The van der Waals surface area contributed by atoms with Gasteiger partial charge in [-0.2, -0.15) is 4.31 Å². The third-order valence-electron chi connectivity index (χ3n) is 6.37. The maximum absolute atomic E-state index is 13.2. The first-order valence-electron chi connectivity index (χ1n) is 10.6. The molecular formula is C22H31N3O3S. The van der Waals surface area contributed by atoms with Crippen molar-refractivity contribution in [2.75, 3.05) is 46.3 Å².